The molecule has 0 aromatic rings. The molecule has 0 saturated carbocycles. The van der Waals surface area contributed by atoms with Crippen molar-refractivity contribution in [2.24, 2.45) is 0 Å². The molecule has 22 heavy (non-hydrogen) atoms. The molecule has 0 amide bonds. The molecule has 0 aliphatic heterocycles. The summed E-state index contributed by atoms with van der Waals surface area (Å²) in [6, 6.07) is 0. The van der Waals surface area contributed by atoms with Crippen molar-refractivity contribution in [3.8, 4) is 0 Å². The van der Waals surface area contributed by atoms with E-state index >= 15 is 0 Å². The van der Waals surface area contributed by atoms with Crippen LogP contribution in [0.5, 0.6) is 0 Å². The van der Waals surface area contributed by atoms with E-state index in [1.807, 2.05) is 0 Å². The Labute approximate surface area is 169 Å². The van der Waals surface area contributed by atoms with E-state index in [9.17, 15) is 29.7 Å². The topological polar surface area (TPSA) is 120 Å². The summed E-state index contributed by atoms with van der Waals surface area (Å²) >= 11 is 0. The first-order valence-electron chi connectivity index (χ1n) is 5.96. The molecule has 0 saturated heterocycles. The Morgan fingerprint density at radius 1 is 0.545 bits per heavy atom. The first-order valence-corrected chi connectivity index (χ1v) is 5.96. The normalized spacial score (nSPS) is 10.9. The summed E-state index contributed by atoms with van der Waals surface area (Å²) in [7, 11) is 0. The Bertz CT molecular complexity index is 368. The van der Waals surface area contributed by atoms with E-state index in [1.54, 1.807) is 0 Å². The molecule has 7 heteroatoms. The molecule has 0 aromatic heterocycles. The zero-order valence-corrected chi connectivity index (χ0v) is 15.2. The molecule has 0 aromatic carbocycles. The van der Waals surface area contributed by atoms with Gasteiger partial charge in [0.2, 0.25) is 0 Å². The zero-order valence-electron chi connectivity index (χ0n) is 13.4. The van der Waals surface area contributed by atoms with Crippen molar-refractivity contribution in [3.63, 3.8) is 0 Å². The monoisotopic (exact) mass is 471 g/mol. The molecule has 0 bridgehead atoms. The molecule has 0 fully saturated rings. The molecule has 0 N–H and O–H groups in total. The Morgan fingerprint density at radius 2 is 0.682 bits per heavy atom. The summed E-state index contributed by atoms with van der Waals surface area (Å²) in [6.45, 7) is 8.09. The Morgan fingerprint density at radius 3 is 0.682 bits per heavy atom. The van der Waals surface area contributed by atoms with Crippen LogP contribution in [-0.2, 0) is 14.4 Å². The number of rotatable bonds is 3. The maximum absolute atomic E-state index is 9.98. The molecule has 6 nitrogen and oxygen atoms in total. The van der Waals surface area contributed by atoms with E-state index in [1.165, 1.54) is 41.5 Å². The Hall–Kier alpha value is -0.851. The standard InChI is InChI=1S/3C5H8O2.Yb/c3*1-4(6)3-5(2)7;/h3*3,6H,1-2H3;/q;;;+3/p-3/b3*4-3-;. The number of carbonyl (C=O) groups excluding carboxylic acids is 3. The van der Waals surface area contributed by atoms with E-state index in [0.29, 0.717) is 0 Å². The molecule has 0 spiro atoms. The molecule has 0 atom stereocenters. The number of allylic oxidation sites excluding steroid dienone is 6. The summed E-state index contributed by atoms with van der Waals surface area (Å²) in [5.41, 5.74) is 0. The van der Waals surface area contributed by atoms with Crippen molar-refractivity contribution in [1.82, 2.24) is 0 Å². The molecule has 0 aliphatic carbocycles. The van der Waals surface area contributed by atoms with Gasteiger partial charge in [-0.1, -0.05) is 20.8 Å². The van der Waals surface area contributed by atoms with Gasteiger partial charge in [-0.25, -0.2) is 0 Å². The van der Waals surface area contributed by atoms with Gasteiger partial charge in [0.05, 0.1) is 0 Å². The zero-order chi connectivity index (χ0) is 17.6. The van der Waals surface area contributed by atoms with Crippen LogP contribution in [0.4, 0.5) is 0 Å². The molecular formula is C15H21O6Yb. The minimum Gasteiger partial charge on any atom is -0.876 e. The van der Waals surface area contributed by atoms with Crippen LogP contribution in [0.15, 0.2) is 35.5 Å². The maximum Gasteiger partial charge on any atom is 3.00 e. The van der Waals surface area contributed by atoms with Crippen LogP contribution in [0.2, 0.25) is 0 Å². The summed E-state index contributed by atoms with van der Waals surface area (Å²) in [4.78, 5) is 29.9. The number of hydrogen-bond donors (Lipinski definition) is 0. The van der Waals surface area contributed by atoms with Crippen LogP contribution in [-0.4, -0.2) is 17.3 Å². The summed E-state index contributed by atoms with van der Waals surface area (Å²) < 4.78 is 0. The third-order valence-corrected chi connectivity index (χ3v) is 1.22. The second kappa shape index (κ2) is 18.2. The largest absolute Gasteiger partial charge is 3.00 e. The van der Waals surface area contributed by atoms with Gasteiger partial charge in [-0.15, -0.1) is 17.3 Å². The van der Waals surface area contributed by atoms with Gasteiger partial charge in [-0.2, -0.15) is 0 Å². The smallest absolute Gasteiger partial charge is 0.876 e. The van der Waals surface area contributed by atoms with Crippen molar-refractivity contribution in [1.29, 1.82) is 0 Å². The van der Waals surface area contributed by atoms with Crippen LogP contribution in [0.3, 0.4) is 0 Å². The minimum atomic E-state index is -0.187. The molecule has 1 radical (unpaired) electrons. The van der Waals surface area contributed by atoms with E-state index in [2.05, 4.69) is 0 Å². The van der Waals surface area contributed by atoms with Gasteiger partial charge < -0.3 is 15.3 Å². The van der Waals surface area contributed by atoms with Gasteiger partial charge in [-0.05, 0) is 39.0 Å². The summed E-state index contributed by atoms with van der Waals surface area (Å²) in [5, 5.41) is 29.9. The van der Waals surface area contributed by atoms with Gasteiger partial charge in [0.25, 0.3) is 0 Å². The average molecular weight is 470 g/mol. The molecule has 0 rings (SSSR count). The summed E-state index contributed by atoms with van der Waals surface area (Å²) in [6.07, 6.45) is 3.17. The predicted octanol–water partition coefficient (Wildman–Crippen LogP) is -0.481. The Balaban J connectivity index is -0.000000108. The Kier molecular flexibility index (Phi) is 24.2. The van der Waals surface area contributed by atoms with Crippen LogP contribution >= 0.6 is 0 Å². The maximum atomic E-state index is 9.98. The van der Waals surface area contributed by atoms with Crippen molar-refractivity contribution < 1.29 is 76.6 Å². The van der Waals surface area contributed by atoms with Gasteiger partial charge in [0.1, 0.15) is 0 Å². The molecule has 0 heterocycles. The van der Waals surface area contributed by atoms with Crippen molar-refractivity contribution in [2.75, 3.05) is 0 Å². The van der Waals surface area contributed by atoms with Crippen LogP contribution < -0.4 is 15.3 Å². The first-order chi connectivity index (χ1) is 9.38. The molecule has 0 aliphatic rings. The van der Waals surface area contributed by atoms with Gasteiger partial charge >= 0.3 is 46.9 Å². The molecule has 131 valence electrons. The molecular weight excluding hydrogens is 449 g/mol. The van der Waals surface area contributed by atoms with Gasteiger partial charge in [0, 0.05) is 0 Å². The second-order valence-corrected chi connectivity index (χ2v) is 4.10. The molecule has 0 unspecified atom stereocenters. The van der Waals surface area contributed by atoms with Crippen molar-refractivity contribution >= 4 is 17.3 Å². The fraction of sp³-hybridized carbons (Fsp3) is 0.400. The van der Waals surface area contributed by atoms with E-state index in [-0.39, 0.29) is 81.6 Å². The third kappa shape index (κ3) is 50.7. The van der Waals surface area contributed by atoms with E-state index in [4.69, 9.17) is 0 Å². The van der Waals surface area contributed by atoms with Crippen LogP contribution in [0.25, 0.3) is 0 Å². The predicted molar refractivity (Wildman–Crippen MR) is 73.3 cm³/mol. The third-order valence-electron chi connectivity index (χ3n) is 1.22. The fourth-order valence-electron chi connectivity index (χ4n) is 0.859. The van der Waals surface area contributed by atoms with Gasteiger partial charge in [0.15, 0.2) is 17.3 Å². The first kappa shape index (κ1) is 29.2. The van der Waals surface area contributed by atoms with E-state index < -0.39 is 0 Å². The second-order valence-electron chi connectivity index (χ2n) is 4.10. The summed E-state index contributed by atoms with van der Waals surface area (Å²) in [5.74, 6) is -1.12. The fourth-order valence-corrected chi connectivity index (χ4v) is 0.859. The number of ketones is 3. The number of hydrogen-bond acceptors (Lipinski definition) is 6. The number of carbonyl (C=O) groups is 3. The quantitative estimate of drug-likeness (QED) is 0.406. The minimum absolute atomic E-state index is 0. The van der Waals surface area contributed by atoms with E-state index in [0.717, 1.165) is 18.2 Å². The SMILES string of the molecule is CC(=O)/C=C(/C)[O-].CC(=O)/C=C(/C)[O-].CC(=O)/C=C(/C)[O-].[Yb+3]. The van der Waals surface area contributed by atoms with Crippen LogP contribution in [0, 0.1) is 46.9 Å². The van der Waals surface area contributed by atoms with Gasteiger partial charge in [-0.3, -0.25) is 14.4 Å². The van der Waals surface area contributed by atoms with Crippen molar-refractivity contribution in [2.45, 2.75) is 41.5 Å². The average Bonchev–Trinajstić information content (AvgIpc) is 2.10. The van der Waals surface area contributed by atoms with Crippen LogP contribution in [0.1, 0.15) is 41.5 Å². The van der Waals surface area contributed by atoms with Crippen molar-refractivity contribution in [3.05, 3.63) is 35.5 Å².